The molecule has 0 aromatic rings. The number of nitrogens with zero attached hydrogens (tertiary/aromatic N) is 1. The van der Waals surface area contributed by atoms with Crippen LogP contribution in [0.25, 0.3) is 0 Å². The Labute approximate surface area is 79.1 Å². The molecule has 0 unspecified atom stereocenters. The molecule has 7 heteroatoms. The summed E-state index contributed by atoms with van der Waals surface area (Å²) in [6, 6.07) is 0. The molecule has 2 radical (unpaired) electrons. The van der Waals surface area contributed by atoms with Crippen LogP contribution >= 0.6 is 0 Å². The van der Waals surface area contributed by atoms with Crippen molar-refractivity contribution in [3.8, 4) is 0 Å². The van der Waals surface area contributed by atoms with E-state index in [1.807, 2.05) is 0 Å². The molecular formula is ClNO3PbZn+2. The van der Waals surface area contributed by atoms with Crippen LogP contribution < -0.4 is 12.4 Å². The fraction of sp³-hybridized carbons (Fsp3) is 0. The maximum Gasteiger partial charge on any atom is 2.00 e. The first-order valence-electron chi connectivity index (χ1n) is 0.548. The molecule has 0 N–H and O–H groups in total. The maximum absolute atomic E-state index is 8.25. The zero-order chi connectivity index (χ0) is 3.58. The van der Waals surface area contributed by atoms with Gasteiger partial charge in [0.05, 0.1) is 5.09 Å². The summed E-state index contributed by atoms with van der Waals surface area (Å²) in [5.41, 5.74) is 0. The van der Waals surface area contributed by atoms with Crippen molar-refractivity contribution in [2.24, 2.45) is 0 Å². The Balaban J connectivity index is -0.0000000150. The summed E-state index contributed by atoms with van der Waals surface area (Å²) in [6.45, 7) is 0. The van der Waals surface area contributed by atoms with Crippen molar-refractivity contribution in [3.05, 3.63) is 15.3 Å². The summed E-state index contributed by atoms with van der Waals surface area (Å²) >= 11 is 0. The largest absolute Gasteiger partial charge is 2.00 e. The summed E-state index contributed by atoms with van der Waals surface area (Å²) in [5.74, 6) is 0. The third-order valence-electron chi connectivity index (χ3n) is 0. The molecule has 4 nitrogen and oxygen atoms in total. The van der Waals surface area contributed by atoms with Crippen LogP contribution in [0.4, 0.5) is 0 Å². The minimum Gasteiger partial charge on any atom is -1.00 e. The third-order valence-corrected chi connectivity index (χ3v) is 0. The van der Waals surface area contributed by atoms with Crippen LogP contribution in [0.1, 0.15) is 0 Å². The smallest absolute Gasteiger partial charge is 1.00 e. The van der Waals surface area contributed by atoms with Crippen LogP contribution in [0.3, 0.4) is 0 Å². The molecule has 0 heterocycles. The van der Waals surface area contributed by atoms with Gasteiger partial charge in [-0.05, 0) is 0 Å². The molecule has 34 valence electrons. The first-order chi connectivity index (χ1) is 1.73. The first-order valence-corrected chi connectivity index (χ1v) is 0.548. The monoisotopic (exact) mass is 369 g/mol. The predicted molar refractivity (Wildman–Crippen MR) is 16.1 cm³/mol. The molecule has 0 fully saturated rings. The Hall–Kier alpha value is 1.04. The Morgan fingerprint density at radius 3 is 1.29 bits per heavy atom. The average Bonchev–Trinajstić information content (AvgIpc) is 0.811. The van der Waals surface area contributed by atoms with Gasteiger partial charge in [0.2, 0.25) is 0 Å². The maximum atomic E-state index is 8.25. The third kappa shape index (κ3) is 166. The van der Waals surface area contributed by atoms with E-state index < -0.39 is 5.09 Å². The van der Waals surface area contributed by atoms with Gasteiger partial charge < -0.3 is 27.7 Å². The summed E-state index contributed by atoms with van der Waals surface area (Å²) in [4.78, 5) is 8.25. The Morgan fingerprint density at radius 2 is 1.29 bits per heavy atom. The summed E-state index contributed by atoms with van der Waals surface area (Å²) in [5, 5.41) is 14.8. The van der Waals surface area contributed by atoms with Gasteiger partial charge in [0.15, 0.2) is 0 Å². The van der Waals surface area contributed by atoms with Gasteiger partial charge in [-0.25, -0.2) is 0 Å². The van der Waals surface area contributed by atoms with Gasteiger partial charge in [0, 0.05) is 0 Å². The molecule has 0 rings (SSSR count). The minimum atomic E-state index is -1.75. The number of rotatable bonds is 0. The molecule has 0 bridgehead atoms. The Bertz CT molecular complexity index is 37.9. The van der Waals surface area contributed by atoms with Crippen molar-refractivity contribution in [1.29, 1.82) is 0 Å². The summed E-state index contributed by atoms with van der Waals surface area (Å²) in [6.07, 6.45) is 0. The Kier molecular flexibility index (Phi) is 54.9. The second kappa shape index (κ2) is 15.7. The van der Waals surface area contributed by atoms with E-state index in [0.717, 1.165) is 0 Å². The molecule has 0 aliphatic rings. The SMILES string of the molecule is O=[N+]([O-])[O-].[Cl-].[Pb+2].[Zn+2]. The van der Waals surface area contributed by atoms with Gasteiger partial charge >= 0.3 is 46.8 Å². The average molecular weight is 370 g/mol. The van der Waals surface area contributed by atoms with Crippen LogP contribution in [-0.2, 0) is 19.5 Å². The van der Waals surface area contributed by atoms with Crippen molar-refractivity contribution >= 4 is 27.3 Å². The summed E-state index contributed by atoms with van der Waals surface area (Å²) < 4.78 is 0. The molecule has 0 aromatic carbocycles. The van der Waals surface area contributed by atoms with Gasteiger partial charge in [-0.3, -0.25) is 0 Å². The molecular weight excluding hydrogens is 370 g/mol. The van der Waals surface area contributed by atoms with E-state index in [9.17, 15) is 0 Å². The quantitative estimate of drug-likeness (QED) is 0.251. The van der Waals surface area contributed by atoms with Crippen molar-refractivity contribution in [1.82, 2.24) is 0 Å². The van der Waals surface area contributed by atoms with Crippen LogP contribution in [-0.4, -0.2) is 32.4 Å². The number of halogens is 1. The standard InChI is InChI=1S/ClH.NO3.Pb.Zn/c;2-1(3)4;;/h1H;;;/q;-1;2*+2/p-1. The molecule has 0 aromatic heterocycles. The molecule has 0 spiro atoms. The second-order valence-corrected chi connectivity index (χ2v) is 0.224. The zero-order valence-corrected chi connectivity index (χ0v) is 10.9. The van der Waals surface area contributed by atoms with Crippen molar-refractivity contribution in [2.75, 3.05) is 0 Å². The van der Waals surface area contributed by atoms with E-state index in [0.29, 0.717) is 0 Å². The molecule has 7 heavy (non-hydrogen) atoms. The van der Waals surface area contributed by atoms with Gasteiger partial charge in [-0.2, -0.15) is 0 Å². The molecule has 0 atom stereocenters. The van der Waals surface area contributed by atoms with E-state index in [4.69, 9.17) is 15.3 Å². The van der Waals surface area contributed by atoms with Crippen LogP contribution in [0.5, 0.6) is 0 Å². The van der Waals surface area contributed by atoms with E-state index in [1.165, 1.54) is 0 Å². The fourth-order valence-electron chi connectivity index (χ4n) is 0. The topological polar surface area (TPSA) is 66.2 Å². The van der Waals surface area contributed by atoms with Gasteiger partial charge in [-0.15, -0.1) is 0 Å². The van der Waals surface area contributed by atoms with E-state index >= 15 is 0 Å². The summed E-state index contributed by atoms with van der Waals surface area (Å²) in [7, 11) is 0. The van der Waals surface area contributed by atoms with Crippen LogP contribution in [0, 0.1) is 15.3 Å². The minimum absolute atomic E-state index is 0. The molecule has 0 aliphatic carbocycles. The second-order valence-electron chi connectivity index (χ2n) is 0.224. The Morgan fingerprint density at radius 1 is 1.29 bits per heavy atom. The van der Waals surface area contributed by atoms with Crippen molar-refractivity contribution in [2.45, 2.75) is 0 Å². The number of hydrogen-bond donors (Lipinski definition) is 0. The molecule has 0 saturated heterocycles. The van der Waals surface area contributed by atoms with E-state index in [1.54, 1.807) is 0 Å². The van der Waals surface area contributed by atoms with E-state index in [2.05, 4.69) is 0 Å². The molecule has 0 amide bonds. The van der Waals surface area contributed by atoms with Crippen molar-refractivity contribution in [3.63, 3.8) is 0 Å². The van der Waals surface area contributed by atoms with E-state index in [-0.39, 0.29) is 59.2 Å². The molecule has 0 saturated carbocycles. The van der Waals surface area contributed by atoms with Crippen LogP contribution in [0.15, 0.2) is 0 Å². The van der Waals surface area contributed by atoms with Gasteiger partial charge in [0.25, 0.3) is 0 Å². The zero-order valence-electron chi connectivity index (χ0n) is 3.26. The number of hydrogen-bond acceptors (Lipinski definition) is 3. The first kappa shape index (κ1) is 24.4. The van der Waals surface area contributed by atoms with Crippen LogP contribution in [0.2, 0.25) is 0 Å². The van der Waals surface area contributed by atoms with Gasteiger partial charge in [-0.1, -0.05) is 0 Å². The molecule has 0 aliphatic heterocycles. The predicted octanol–water partition coefficient (Wildman–Crippen LogP) is -3.62. The fourth-order valence-corrected chi connectivity index (χ4v) is 0. The van der Waals surface area contributed by atoms with Gasteiger partial charge in [0.1, 0.15) is 0 Å². The normalized spacial score (nSPS) is 3.43. The van der Waals surface area contributed by atoms with Crippen molar-refractivity contribution < 1.29 is 37.0 Å².